The van der Waals surface area contributed by atoms with Gasteiger partial charge in [-0.3, -0.25) is 9.89 Å². The van der Waals surface area contributed by atoms with Crippen LogP contribution in [0.2, 0.25) is 0 Å². The Kier molecular flexibility index (Phi) is 3.54. The number of rotatable bonds is 4. The smallest absolute Gasteiger partial charge is 0.321 e. The molecule has 0 bridgehead atoms. The van der Waals surface area contributed by atoms with Crippen molar-refractivity contribution in [2.75, 3.05) is 6.54 Å². The van der Waals surface area contributed by atoms with Crippen LogP contribution in [0.3, 0.4) is 0 Å². The standard InChI is InChI=1S/C12H10F3N3O2S/c13-10(14)5-3-6-9(16-17-11(6)15)8(4-5)21-18-2-1-7(18)12(19)20/h3-4,7,10H,1-2H2,(H,16,17)(H,19,20). The molecule has 1 unspecified atom stereocenters. The van der Waals surface area contributed by atoms with E-state index in [1.165, 1.54) is 6.07 Å². The minimum absolute atomic E-state index is 0.0253. The van der Waals surface area contributed by atoms with Gasteiger partial charge >= 0.3 is 5.97 Å². The lowest BCUT2D eigenvalue weighted by Gasteiger charge is -2.36. The Morgan fingerprint density at radius 2 is 2.29 bits per heavy atom. The Morgan fingerprint density at radius 3 is 2.86 bits per heavy atom. The molecule has 9 heteroatoms. The van der Waals surface area contributed by atoms with Gasteiger partial charge in [-0.05, 0) is 30.5 Å². The van der Waals surface area contributed by atoms with Gasteiger partial charge in [-0.25, -0.2) is 13.1 Å². The minimum atomic E-state index is -2.74. The fraction of sp³-hybridized carbons (Fsp3) is 0.333. The molecule has 2 N–H and O–H groups in total. The highest BCUT2D eigenvalue weighted by atomic mass is 32.2. The summed E-state index contributed by atoms with van der Waals surface area (Å²) in [4.78, 5) is 11.3. The van der Waals surface area contributed by atoms with E-state index in [-0.39, 0.29) is 16.5 Å². The van der Waals surface area contributed by atoms with Gasteiger partial charge < -0.3 is 5.11 Å². The molecule has 1 aliphatic heterocycles. The molecule has 21 heavy (non-hydrogen) atoms. The van der Waals surface area contributed by atoms with Crippen LogP contribution < -0.4 is 0 Å². The van der Waals surface area contributed by atoms with E-state index in [4.69, 9.17) is 5.11 Å². The third-order valence-corrected chi connectivity index (χ3v) is 4.50. The zero-order valence-corrected chi connectivity index (χ0v) is 11.3. The predicted octanol–water partition coefficient (Wildman–Crippen LogP) is 2.81. The summed E-state index contributed by atoms with van der Waals surface area (Å²) < 4.78 is 40.8. The molecule has 0 spiro atoms. The van der Waals surface area contributed by atoms with Crippen LogP contribution in [-0.2, 0) is 4.79 Å². The second-order valence-corrected chi connectivity index (χ2v) is 5.72. The average Bonchev–Trinajstić information content (AvgIpc) is 2.75. The fourth-order valence-corrected chi connectivity index (χ4v) is 3.32. The van der Waals surface area contributed by atoms with E-state index in [9.17, 15) is 18.0 Å². The number of H-pyrrole nitrogens is 1. The molecular weight excluding hydrogens is 307 g/mol. The maximum Gasteiger partial charge on any atom is 0.321 e. The molecule has 0 saturated carbocycles. The molecule has 1 aromatic heterocycles. The summed E-state index contributed by atoms with van der Waals surface area (Å²) in [6.07, 6.45) is -2.25. The molecule has 0 aliphatic carbocycles. The number of benzene rings is 1. The largest absolute Gasteiger partial charge is 0.480 e. The van der Waals surface area contributed by atoms with E-state index < -0.39 is 24.4 Å². The van der Waals surface area contributed by atoms with E-state index in [1.54, 1.807) is 4.31 Å². The topological polar surface area (TPSA) is 69.2 Å². The Morgan fingerprint density at radius 1 is 1.52 bits per heavy atom. The van der Waals surface area contributed by atoms with Gasteiger partial charge in [-0.1, -0.05) is 0 Å². The maximum atomic E-state index is 13.5. The van der Waals surface area contributed by atoms with Gasteiger partial charge in [-0.2, -0.15) is 9.49 Å². The van der Waals surface area contributed by atoms with Crippen LogP contribution in [0.25, 0.3) is 10.9 Å². The van der Waals surface area contributed by atoms with Crippen molar-refractivity contribution in [3.8, 4) is 0 Å². The number of aromatic nitrogens is 2. The maximum absolute atomic E-state index is 13.5. The molecule has 2 heterocycles. The van der Waals surface area contributed by atoms with Gasteiger partial charge in [0.15, 0.2) is 0 Å². The number of aromatic amines is 1. The predicted molar refractivity (Wildman–Crippen MR) is 69.6 cm³/mol. The van der Waals surface area contributed by atoms with Crippen LogP contribution in [-0.4, -0.2) is 38.2 Å². The summed E-state index contributed by atoms with van der Waals surface area (Å²) in [5, 5.41) is 14.8. The molecule has 1 saturated heterocycles. The number of hydrogen-bond donors (Lipinski definition) is 2. The second-order valence-electron chi connectivity index (χ2n) is 4.63. The van der Waals surface area contributed by atoms with Crippen LogP contribution in [0.1, 0.15) is 18.4 Å². The number of carbonyl (C=O) groups is 1. The van der Waals surface area contributed by atoms with Gasteiger partial charge in [0.2, 0.25) is 5.95 Å². The van der Waals surface area contributed by atoms with E-state index in [0.717, 1.165) is 18.0 Å². The van der Waals surface area contributed by atoms with Gasteiger partial charge in [0, 0.05) is 12.1 Å². The van der Waals surface area contributed by atoms with E-state index in [2.05, 4.69) is 10.2 Å². The quantitative estimate of drug-likeness (QED) is 0.849. The van der Waals surface area contributed by atoms with Crippen molar-refractivity contribution < 1.29 is 23.1 Å². The van der Waals surface area contributed by atoms with Crippen LogP contribution in [0.15, 0.2) is 17.0 Å². The molecule has 112 valence electrons. The Labute approximate surface area is 121 Å². The van der Waals surface area contributed by atoms with Crippen molar-refractivity contribution in [2.45, 2.75) is 23.8 Å². The summed E-state index contributed by atoms with van der Waals surface area (Å²) in [5.41, 5.74) is -0.101. The van der Waals surface area contributed by atoms with E-state index in [0.29, 0.717) is 17.9 Å². The van der Waals surface area contributed by atoms with Crippen molar-refractivity contribution in [1.82, 2.24) is 14.5 Å². The molecule has 0 radical (unpaired) electrons. The third-order valence-electron chi connectivity index (χ3n) is 3.32. The zero-order chi connectivity index (χ0) is 15.1. The van der Waals surface area contributed by atoms with Crippen molar-refractivity contribution in [3.05, 3.63) is 23.6 Å². The highest BCUT2D eigenvalue weighted by molar-refractivity contribution is 7.97. The fourth-order valence-electron chi connectivity index (χ4n) is 2.12. The first-order chi connectivity index (χ1) is 9.97. The summed E-state index contributed by atoms with van der Waals surface area (Å²) in [7, 11) is 0. The zero-order valence-electron chi connectivity index (χ0n) is 10.5. The molecule has 2 aromatic rings. The van der Waals surface area contributed by atoms with Gasteiger partial charge in [0.1, 0.15) is 11.6 Å². The van der Waals surface area contributed by atoms with Crippen molar-refractivity contribution in [1.29, 1.82) is 0 Å². The van der Waals surface area contributed by atoms with Crippen molar-refractivity contribution in [3.63, 3.8) is 0 Å². The Bertz CT molecular complexity index is 706. The van der Waals surface area contributed by atoms with Crippen molar-refractivity contribution in [2.24, 2.45) is 0 Å². The highest BCUT2D eigenvalue weighted by Gasteiger charge is 2.35. The SMILES string of the molecule is O=C(O)C1CCN1Sc1cc(C(F)F)cc2c(F)[nH]nc12. The summed E-state index contributed by atoms with van der Waals surface area (Å²) in [6, 6.07) is 1.60. The van der Waals surface area contributed by atoms with Gasteiger partial charge in [0.25, 0.3) is 6.43 Å². The summed E-state index contributed by atoms with van der Waals surface area (Å²) >= 11 is 1.01. The number of carboxylic acid groups (broad SMARTS) is 1. The Balaban J connectivity index is 1.99. The third kappa shape index (κ3) is 2.46. The molecule has 1 fully saturated rings. The lowest BCUT2D eigenvalue weighted by Crippen LogP contribution is -2.47. The number of nitrogens with zero attached hydrogens (tertiary/aromatic N) is 2. The van der Waals surface area contributed by atoms with Crippen LogP contribution in [0, 0.1) is 5.95 Å². The molecule has 1 aromatic carbocycles. The number of carboxylic acids is 1. The first-order valence-corrected chi connectivity index (χ1v) is 6.88. The number of halogens is 3. The number of aliphatic carboxylic acids is 1. The molecule has 1 atom stereocenters. The lowest BCUT2D eigenvalue weighted by molar-refractivity contribution is -0.144. The molecule has 3 rings (SSSR count). The van der Waals surface area contributed by atoms with E-state index >= 15 is 0 Å². The molecular formula is C12H10F3N3O2S. The number of alkyl halides is 2. The van der Waals surface area contributed by atoms with Crippen LogP contribution in [0.5, 0.6) is 0 Å². The summed E-state index contributed by atoms with van der Waals surface area (Å²) in [6.45, 7) is 0.523. The normalized spacial score (nSPS) is 19.1. The summed E-state index contributed by atoms with van der Waals surface area (Å²) in [5.74, 6) is -1.75. The Hall–Kier alpha value is -1.74. The highest BCUT2D eigenvalue weighted by Crippen LogP contribution is 2.38. The minimum Gasteiger partial charge on any atom is -0.480 e. The number of nitrogens with one attached hydrogen (secondary N) is 1. The molecule has 1 aliphatic rings. The first kappa shape index (κ1) is 14.2. The van der Waals surface area contributed by atoms with Crippen molar-refractivity contribution >= 4 is 28.8 Å². The van der Waals surface area contributed by atoms with Crippen LogP contribution >= 0.6 is 11.9 Å². The van der Waals surface area contributed by atoms with E-state index in [1.807, 2.05) is 0 Å². The second kappa shape index (κ2) is 5.23. The first-order valence-electron chi connectivity index (χ1n) is 6.10. The molecule has 0 amide bonds. The number of hydrogen-bond acceptors (Lipinski definition) is 4. The average molecular weight is 317 g/mol. The van der Waals surface area contributed by atoms with Gasteiger partial charge in [-0.15, -0.1) is 0 Å². The lowest BCUT2D eigenvalue weighted by atomic mass is 10.1. The van der Waals surface area contributed by atoms with Gasteiger partial charge in [0.05, 0.1) is 10.3 Å². The monoisotopic (exact) mass is 317 g/mol. The molecule has 5 nitrogen and oxygen atoms in total. The number of fused-ring (bicyclic) bond motifs is 1. The van der Waals surface area contributed by atoms with Crippen LogP contribution in [0.4, 0.5) is 13.2 Å².